The van der Waals surface area contributed by atoms with Gasteiger partial charge in [0, 0.05) is 5.39 Å². The number of alkyl halides is 3. The van der Waals surface area contributed by atoms with Crippen LogP contribution in [0.4, 0.5) is 13.2 Å². The van der Waals surface area contributed by atoms with Crippen molar-refractivity contribution in [3.8, 4) is 11.3 Å². The van der Waals surface area contributed by atoms with E-state index in [1.54, 1.807) is 37.3 Å². The maximum Gasteiger partial charge on any atom is 0.419 e. The highest BCUT2D eigenvalue weighted by molar-refractivity contribution is 7.90. The Morgan fingerprint density at radius 2 is 1.38 bits per heavy atom. The highest BCUT2D eigenvalue weighted by atomic mass is 32.2. The second-order valence-corrected chi connectivity index (χ2v) is 8.47. The number of hydrogen-bond acceptors (Lipinski definition) is 2. The molecule has 4 aromatic rings. The highest BCUT2D eigenvalue weighted by Crippen LogP contribution is 2.45. The molecule has 0 aliphatic heterocycles. The first kappa shape index (κ1) is 19.3. The summed E-state index contributed by atoms with van der Waals surface area (Å²) in [4.78, 5) is -0.0743. The molecule has 3 aromatic carbocycles. The molecule has 0 radical (unpaired) electrons. The summed E-state index contributed by atoms with van der Waals surface area (Å²) in [6, 6.07) is 19.5. The average molecular weight is 415 g/mol. The number of para-hydroxylation sites is 1. The van der Waals surface area contributed by atoms with E-state index in [2.05, 4.69) is 0 Å². The molecule has 148 valence electrons. The van der Waals surface area contributed by atoms with E-state index < -0.39 is 21.8 Å². The summed E-state index contributed by atoms with van der Waals surface area (Å²) in [5, 5.41) is -0.158. The zero-order chi connectivity index (χ0) is 20.8. The summed E-state index contributed by atoms with van der Waals surface area (Å²) in [7, 11) is -4.28. The third-order valence-corrected chi connectivity index (χ3v) is 6.45. The standard InChI is InChI=1S/C22H16F3NO2S/c1-15-11-13-17(14-12-15)29(27,28)26-19-10-6-5-9-18(19)20(22(23,24)25)21(26)16-7-3-2-4-8-16/h2-14H,1H3. The first-order valence-corrected chi connectivity index (χ1v) is 10.2. The minimum absolute atomic E-state index is 0.0146. The van der Waals surface area contributed by atoms with Gasteiger partial charge in [0.2, 0.25) is 0 Å². The second kappa shape index (κ2) is 6.77. The van der Waals surface area contributed by atoms with Crippen LogP contribution in [0.3, 0.4) is 0 Å². The van der Waals surface area contributed by atoms with E-state index in [9.17, 15) is 21.6 Å². The number of fused-ring (bicyclic) bond motifs is 1. The van der Waals surface area contributed by atoms with Gasteiger partial charge in [0.25, 0.3) is 10.0 Å². The molecular formula is C22H16F3NO2S. The lowest BCUT2D eigenvalue weighted by Gasteiger charge is -2.15. The molecule has 0 unspecified atom stereocenters. The third kappa shape index (κ3) is 3.21. The number of halogens is 3. The van der Waals surface area contributed by atoms with E-state index in [-0.39, 0.29) is 27.1 Å². The first-order valence-electron chi connectivity index (χ1n) is 8.79. The Labute approximate surface area is 166 Å². The number of aromatic nitrogens is 1. The van der Waals surface area contributed by atoms with Crippen molar-refractivity contribution in [2.75, 3.05) is 0 Å². The lowest BCUT2D eigenvalue weighted by atomic mass is 10.1. The number of nitrogens with zero attached hydrogens (tertiary/aromatic N) is 1. The fraction of sp³-hybridized carbons (Fsp3) is 0.0909. The van der Waals surface area contributed by atoms with Gasteiger partial charge in [0.05, 0.1) is 21.7 Å². The van der Waals surface area contributed by atoms with E-state index >= 15 is 0 Å². The van der Waals surface area contributed by atoms with Crippen LogP contribution in [0, 0.1) is 6.92 Å². The number of benzene rings is 3. The lowest BCUT2D eigenvalue weighted by Crippen LogP contribution is -2.16. The Bertz CT molecular complexity index is 1290. The maximum atomic E-state index is 14.1. The number of aryl methyl sites for hydroxylation is 1. The summed E-state index contributed by atoms with van der Waals surface area (Å²) in [6.45, 7) is 1.80. The van der Waals surface area contributed by atoms with Gasteiger partial charge in [-0.3, -0.25) is 0 Å². The Hall–Kier alpha value is -3.06. The van der Waals surface area contributed by atoms with Gasteiger partial charge in [0.15, 0.2) is 0 Å². The predicted octanol–water partition coefficient (Wildman–Crippen LogP) is 5.87. The van der Waals surface area contributed by atoms with E-state index in [1.165, 1.54) is 48.5 Å². The summed E-state index contributed by atoms with van der Waals surface area (Å²) < 4.78 is 70.1. The summed E-state index contributed by atoms with van der Waals surface area (Å²) in [6.07, 6.45) is -4.74. The smallest absolute Gasteiger partial charge is 0.233 e. The Morgan fingerprint density at radius 1 is 0.793 bits per heavy atom. The Morgan fingerprint density at radius 3 is 2.00 bits per heavy atom. The predicted molar refractivity (Wildman–Crippen MR) is 106 cm³/mol. The molecule has 29 heavy (non-hydrogen) atoms. The normalized spacial score (nSPS) is 12.4. The van der Waals surface area contributed by atoms with Gasteiger partial charge in [-0.15, -0.1) is 0 Å². The molecule has 0 fully saturated rings. The van der Waals surface area contributed by atoms with Crippen LogP contribution >= 0.6 is 0 Å². The third-order valence-electron chi connectivity index (χ3n) is 4.72. The molecule has 3 nitrogen and oxygen atoms in total. The fourth-order valence-electron chi connectivity index (χ4n) is 3.42. The molecule has 0 N–H and O–H groups in total. The molecule has 0 spiro atoms. The topological polar surface area (TPSA) is 39.1 Å². The summed E-state index contributed by atoms with van der Waals surface area (Å²) >= 11 is 0. The van der Waals surface area contributed by atoms with E-state index in [1.807, 2.05) is 0 Å². The van der Waals surface area contributed by atoms with Gasteiger partial charge in [0.1, 0.15) is 0 Å². The van der Waals surface area contributed by atoms with E-state index in [0.717, 1.165) is 9.54 Å². The molecule has 0 bridgehead atoms. The van der Waals surface area contributed by atoms with Crippen molar-refractivity contribution >= 4 is 20.9 Å². The molecule has 1 aromatic heterocycles. The van der Waals surface area contributed by atoms with Crippen LogP contribution in [-0.2, 0) is 16.2 Å². The molecular weight excluding hydrogens is 399 g/mol. The molecule has 4 rings (SSSR count). The van der Waals surface area contributed by atoms with Crippen molar-refractivity contribution in [1.82, 2.24) is 3.97 Å². The minimum atomic E-state index is -4.74. The SMILES string of the molecule is Cc1ccc(S(=O)(=O)n2c(-c3ccccc3)c(C(F)(F)F)c3ccccc32)cc1. The number of hydrogen-bond donors (Lipinski definition) is 0. The fourth-order valence-corrected chi connectivity index (χ4v) is 4.97. The molecule has 0 saturated carbocycles. The van der Waals surface area contributed by atoms with E-state index in [4.69, 9.17) is 0 Å². The largest absolute Gasteiger partial charge is 0.419 e. The van der Waals surface area contributed by atoms with Gasteiger partial charge in [-0.1, -0.05) is 66.2 Å². The molecule has 0 amide bonds. The van der Waals surface area contributed by atoms with Gasteiger partial charge in [-0.2, -0.15) is 13.2 Å². The van der Waals surface area contributed by atoms with Crippen molar-refractivity contribution in [1.29, 1.82) is 0 Å². The zero-order valence-corrected chi connectivity index (χ0v) is 16.1. The van der Waals surface area contributed by atoms with Crippen LogP contribution in [-0.4, -0.2) is 12.4 Å². The van der Waals surface area contributed by atoms with E-state index in [0.29, 0.717) is 0 Å². The summed E-state index contributed by atoms with van der Waals surface area (Å²) in [5.41, 5.74) is -0.346. The van der Waals surface area contributed by atoms with Crippen LogP contribution in [0.2, 0.25) is 0 Å². The Kier molecular flexibility index (Phi) is 4.50. The maximum absolute atomic E-state index is 14.1. The highest BCUT2D eigenvalue weighted by Gasteiger charge is 2.41. The second-order valence-electron chi connectivity index (χ2n) is 6.69. The molecule has 0 saturated heterocycles. The van der Waals surface area contributed by atoms with Crippen molar-refractivity contribution in [3.63, 3.8) is 0 Å². The average Bonchev–Trinajstić information content (AvgIpc) is 3.05. The van der Waals surface area contributed by atoms with Gasteiger partial charge >= 0.3 is 6.18 Å². The monoisotopic (exact) mass is 415 g/mol. The zero-order valence-electron chi connectivity index (χ0n) is 15.3. The van der Waals surface area contributed by atoms with Gasteiger partial charge in [-0.05, 0) is 30.7 Å². The molecule has 0 aliphatic rings. The summed E-state index contributed by atoms with van der Waals surface area (Å²) in [5.74, 6) is 0. The van der Waals surface area contributed by atoms with Crippen molar-refractivity contribution in [3.05, 3.63) is 90.0 Å². The Balaban J connectivity index is 2.18. The van der Waals surface area contributed by atoms with Crippen molar-refractivity contribution in [2.45, 2.75) is 18.0 Å². The van der Waals surface area contributed by atoms with Crippen LogP contribution < -0.4 is 0 Å². The lowest BCUT2D eigenvalue weighted by molar-refractivity contribution is -0.135. The van der Waals surface area contributed by atoms with Gasteiger partial charge in [-0.25, -0.2) is 12.4 Å². The minimum Gasteiger partial charge on any atom is -0.233 e. The molecule has 0 atom stereocenters. The van der Waals surface area contributed by atoms with Crippen LogP contribution in [0.5, 0.6) is 0 Å². The number of rotatable bonds is 3. The van der Waals surface area contributed by atoms with Crippen LogP contribution in [0.25, 0.3) is 22.2 Å². The van der Waals surface area contributed by atoms with Crippen molar-refractivity contribution in [2.24, 2.45) is 0 Å². The van der Waals surface area contributed by atoms with Crippen LogP contribution in [0.1, 0.15) is 11.1 Å². The van der Waals surface area contributed by atoms with Gasteiger partial charge < -0.3 is 0 Å². The quantitative estimate of drug-likeness (QED) is 0.420. The molecule has 7 heteroatoms. The first-order chi connectivity index (χ1) is 13.7. The molecule has 1 heterocycles. The van der Waals surface area contributed by atoms with Crippen LogP contribution in [0.15, 0.2) is 83.8 Å². The molecule has 0 aliphatic carbocycles. The van der Waals surface area contributed by atoms with Crippen molar-refractivity contribution < 1.29 is 21.6 Å².